The fraction of sp³-hybridized carbons (Fsp3) is 0.278. The predicted molar refractivity (Wildman–Crippen MR) is 103 cm³/mol. The number of alkyl halides is 3. The molecule has 10 nitrogen and oxygen atoms in total. The molecule has 0 aliphatic carbocycles. The van der Waals surface area contributed by atoms with Crippen LogP contribution in [-0.2, 0) is 10.9 Å². The molecule has 2 amide bonds. The number of nitrogens with one attached hydrogen (secondary N) is 2. The molecular weight excluding hydrogens is 419 g/mol. The number of halogens is 3. The normalized spacial score (nSPS) is 12.3. The molecule has 164 valence electrons. The van der Waals surface area contributed by atoms with E-state index in [1.165, 1.54) is 39.0 Å². The van der Waals surface area contributed by atoms with Crippen molar-refractivity contribution in [3.63, 3.8) is 0 Å². The minimum absolute atomic E-state index is 0.182. The highest BCUT2D eigenvalue weighted by Crippen LogP contribution is 2.35. The minimum Gasteiger partial charge on any atom is -0.495 e. The van der Waals surface area contributed by atoms with E-state index < -0.39 is 29.7 Å². The van der Waals surface area contributed by atoms with Crippen molar-refractivity contribution >= 4 is 17.4 Å². The largest absolute Gasteiger partial charge is 0.495 e. The summed E-state index contributed by atoms with van der Waals surface area (Å²) >= 11 is 0. The maximum atomic E-state index is 13.5. The summed E-state index contributed by atoms with van der Waals surface area (Å²) in [5, 5.41) is 12.2. The first-order valence-electron chi connectivity index (χ1n) is 8.81. The van der Waals surface area contributed by atoms with Crippen LogP contribution >= 0.6 is 0 Å². The van der Waals surface area contributed by atoms with Gasteiger partial charge in [-0.15, -0.1) is 4.80 Å². The zero-order valence-electron chi connectivity index (χ0n) is 16.6. The lowest BCUT2D eigenvalue weighted by molar-refractivity contribution is -0.137. The first kappa shape index (κ1) is 22.0. The third-order valence-corrected chi connectivity index (χ3v) is 4.22. The van der Waals surface area contributed by atoms with Crippen LogP contribution in [0, 0.1) is 0 Å². The number of methoxy groups -OCH3 is 2. The van der Waals surface area contributed by atoms with Gasteiger partial charge in [0.25, 0.3) is 0 Å². The number of rotatable bonds is 6. The zero-order valence-corrected chi connectivity index (χ0v) is 16.6. The first-order valence-corrected chi connectivity index (χ1v) is 8.81. The second kappa shape index (κ2) is 8.95. The standard InChI is InChI=1S/C18H18F3N7O3/c1-10(30-2)15-13(8-22-9-14(15)31-3)27-17(29)26-11-6-12(18(19,20)21)16(23-7-11)28-24-4-5-25-28/h4-10H,1-3H3,(H2,26,27,29)/t10-/m1/s1. The van der Waals surface area contributed by atoms with Crippen LogP contribution in [0.2, 0.25) is 0 Å². The number of ether oxygens (including phenoxy) is 2. The number of urea groups is 1. The van der Waals surface area contributed by atoms with Crippen molar-refractivity contribution in [1.82, 2.24) is 25.0 Å². The number of nitrogens with zero attached hydrogens (tertiary/aromatic N) is 5. The number of hydrogen-bond donors (Lipinski definition) is 2. The Morgan fingerprint density at radius 1 is 1.13 bits per heavy atom. The molecule has 2 N–H and O–H groups in total. The van der Waals surface area contributed by atoms with E-state index in [1.807, 2.05) is 0 Å². The summed E-state index contributed by atoms with van der Waals surface area (Å²) in [6.07, 6.45) is 1.14. The lowest BCUT2D eigenvalue weighted by Gasteiger charge is -2.19. The second-order valence-corrected chi connectivity index (χ2v) is 6.17. The SMILES string of the molecule is COc1cncc(NC(=O)Nc2cnc(-n3nccn3)c(C(F)(F)F)c2)c1[C@@H](C)OC. The molecule has 0 radical (unpaired) electrons. The number of aromatic nitrogens is 5. The van der Waals surface area contributed by atoms with Crippen molar-refractivity contribution in [2.45, 2.75) is 19.2 Å². The summed E-state index contributed by atoms with van der Waals surface area (Å²) in [4.78, 5) is 20.9. The Bertz CT molecular complexity index is 1060. The van der Waals surface area contributed by atoms with Crippen LogP contribution in [-0.4, -0.2) is 45.2 Å². The third-order valence-electron chi connectivity index (χ3n) is 4.22. The lowest BCUT2D eigenvalue weighted by Crippen LogP contribution is -2.22. The van der Waals surface area contributed by atoms with E-state index in [9.17, 15) is 18.0 Å². The molecule has 0 aromatic carbocycles. The average molecular weight is 437 g/mol. The molecule has 3 aromatic heterocycles. The van der Waals surface area contributed by atoms with Gasteiger partial charge in [-0.2, -0.15) is 23.4 Å². The summed E-state index contributed by atoms with van der Waals surface area (Å²) < 4.78 is 51.0. The quantitative estimate of drug-likeness (QED) is 0.607. The highest BCUT2D eigenvalue weighted by Gasteiger charge is 2.36. The summed E-state index contributed by atoms with van der Waals surface area (Å²) in [6.45, 7) is 1.74. The number of carbonyl (C=O) groups excluding carboxylic acids is 1. The zero-order chi connectivity index (χ0) is 22.6. The van der Waals surface area contributed by atoms with Crippen molar-refractivity contribution in [3.05, 3.63) is 48.2 Å². The molecule has 3 aromatic rings. The van der Waals surface area contributed by atoms with E-state index >= 15 is 0 Å². The van der Waals surface area contributed by atoms with Crippen LogP contribution in [0.25, 0.3) is 5.82 Å². The molecule has 0 fully saturated rings. The summed E-state index contributed by atoms with van der Waals surface area (Å²) in [7, 11) is 2.92. The van der Waals surface area contributed by atoms with Gasteiger partial charge in [-0.05, 0) is 13.0 Å². The van der Waals surface area contributed by atoms with Crippen LogP contribution in [0.4, 0.5) is 29.3 Å². The molecular formula is C18H18F3N7O3. The van der Waals surface area contributed by atoms with Gasteiger partial charge in [-0.25, -0.2) is 9.78 Å². The summed E-state index contributed by atoms with van der Waals surface area (Å²) in [5.74, 6) is -0.138. The van der Waals surface area contributed by atoms with Crippen LogP contribution < -0.4 is 15.4 Å². The first-order chi connectivity index (χ1) is 14.7. The summed E-state index contributed by atoms with van der Waals surface area (Å²) in [6, 6.07) is -0.0622. The van der Waals surface area contributed by atoms with Gasteiger partial charge in [0.2, 0.25) is 0 Å². The second-order valence-electron chi connectivity index (χ2n) is 6.17. The number of pyridine rings is 2. The molecule has 0 unspecified atom stereocenters. The maximum absolute atomic E-state index is 13.5. The topological polar surface area (TPSA) is 116 Å². The van der Waals surface area contributed by atoms with Gasteiger partial charge in [0.1, 0.15) is 11.3 Å². The Hall–Kier alpha value is -3.74. The highest BCUT2D eigenvalue weighted by molar-refractivity contribution is 6.00. The van der Waals surface area contributed by atoms with E-state index in [4.69, 9.17) is 9.47 Å². The molecule has 0 bridgehead atoms. The van der Waals surface area contributed by atoms with E-state index in [0.29, 0.717) is 11.3 Å². The van der Waals surface area contributed by atoms with Gasteiger partial charge < -0.3 is 20.1 Å². The van der Waals surface area contributed by atoms with Gasteiger partial charge in [-0.1, -0.05) is 0 Å². The molecule has 0 aliphatic heterocycles. The molecule has 31 heavy (non-hydrogen) atoms. The molecule has 1 atom stereocenters. The van der Waals surface area contributed by atoms with Gasteiger partial charge in [0.05, 0.1) is 55.6 Å². The minimum atomic E-state index is -4.75. The predicted octanol–water partition coefficient (Wildman–Crippen LogP) is 3.44. The maximum Gasteiger partial charge on any atom is 0.420 e. The van der Waals surface area contributed by atoms with E-state index in [0.717, 1.165) is 17.1 Å². The average Bonchev–Trinajstić information content (AvgIpc) is 3.27. The Morgan fingerprint density at radius 2 is 1.84 bits per heavy atom. The fourth-order valence-electron chi connectivity index (χ4n) is 2.75. The van der Waals surface area contributed by atoms with Gasteiger partial charge in [-0.3, -0.25) is 4.98 Å². The smallest absolute Gasteiger partial charge is 0.420 e. The van der Waals surface area contributed by atoms with Crippen molar-refractivity contribution < 1.29 is 27.4 Å². The van der Waals surface area contributed by atoms with Crippen LogP contribution in [0.15, 0.2) is 37.1 Å². The molecule has 0 aliphatic rings. The molecule has 3 heterocycles. The van der Waals surface area contributed by atoms with Crippen LogP contribution in [0.3, 0.4) is 0 Å². The van der Waals surface area contributed by atoms with Crippen LogP contribution in [0.1, 0.15) is 24.2 Å². The third kappa shape index (κ3) is 4.88. The van der Waals surface area contributed by atoms with Crippen LogP contribution in [0.5, 0.6) is 5.75 Å². The molecule has 0 spiro atoms. The molecule has 3 rings (SSSR count). The fourth-order valence-corrected chi connectivity index (χ4v) is 2.75. The van der Waals surface area contributed by atoms with E-state index in [1.54, 1.807) is 6.92 Å². The van der Waals surface area contributed by atoms with Crippen molar-refractivity contribution in [2.24, 2.45) is 0 Å². The Labute approximate surface area is 174 Å². The van der Waals surface area contributed by atoms with Gasteiger partial charge in [0.15, 0.2) is 5.82 Å². The number of anilines is 2. The monoisotopic (exact) mass is 437 g/mol. The van der Waals surface area contributed by atoms with Gasteiger partial charge >= 0.3 is 12.2 Å². The van der Waals surface area contributed by atoms with Gasteiger partial charge in [0, 0.05) is 12.7 Å². The molecule has 0 saturated carbocycles. The van der Waals surface area contributed by atoms with E-state index in [2.05, 4.69) is 30.8 Å². The number of hydrogen-bond acceptors (Lipinski definition) is 7. The number of amides is 2. The van der Waals surface area contributed by atoms with Crippen molar-refractivity contribution in [2.75, 3.05) is 24.9 Å². The van der Waals surface area contributed by atoms with Crippen molar-refractivity contribution in [1.29, 1.82) is 0 Å². The lowest BCUT2D eigenvalue weighted by atomic mass is 10.1. The Morgan fingerprint density at radius 3 is 2.45 bits per heavy atom. The van der Waals surface area contributed by atoms with Crippen molar-refractivity contribution in [3.8, 4) is 11.6 Å². The summed E-state index contributed by atoms with van der Waals surface area (Å²) in [5.41, 5.74) is -0.506. The highest BCUT2D eigenvalue weighted by atomic mass is 19.4. The van der Waals surface area contributed by atoms with E-state index in [-0.39, 0.29) is 11.4 Å². The Balaban J connectivity index is 1.87. The molecule has 13 heteroatoms. The Kier molecular flexibility index (Phi) is 6.34. The molecule has 0 saturated heterocycles. The number of carbonyl (C=O) groups is 1.